The molecule has 2 aliphatic rings. The van der Waals surface area contributed by atoms with Gasteiger partial charge in [-0.3, -0.25) is 9.69 Å². The molecule has 1 atom stereocenters. The van der Waals surface area contributed by atoms with Crippen LogP contribution >= 0.6 is 35.6 Å². The Labute approximate surface area is 173 Å². The Bertz CT molecular complexity index is 790. The fourth-order valence-electron chi connectivity index (χ4n) is 2.91. The molecule has 2 fully saturated rings. The molecule has 0 unspecified atom stereocenters. The molecular weight excluding hydrogens is 406 g/mol. The van der Waals surface area contributed by atoms with Crippen LogP contribution in [0, 0.1) is 0 Å². The average Bonchev–Trinajstić information content (AvgIpc) is 3.25. The summed E-state index contributed by atoms with van der Waals surface area (Å²) in [6.45, 7) is 5.18. The van der Waals surface area contributed by atoms with Crippen molar-refractivity contribution in [3.8, 4) is 11.5 Å². The van der Waals surface area contributed by atoms with E-state index in [0.717, 1.165) is 25.0 Å². The summed E-state index contributed by atoms with van der Waals surface area (Å²) in [5, 5.41) is 0.400. The fourth-order valence-corrected chi connectivity index (χ4v) is 4.45. The average molecular weight is 426 g/mol. The maximum Gasteiger partial charge on any atom is 0.266 e. The molecule has 1 aromatic rings. The van der Waals surface area contributed by atoms with E-state index < -0.39 is 0 Å². The van der Waals surface area contributed by atoms with Crippen LogP contribution < -0.4 is 9.47 Å². The highest BCUT2D eigenvalue weighted by Crippen LogP contribution is 2.39. The summed E-state index contributed by atoms with van der Waals surface area (Å²) in [5.41, 5.74) is 0.736. The first kappa shape index (κ1) is 20.2. The number of halogens is 1. The van der Waals surface area contributed by atoms with Gasteiger partial charge in [0.05, 0.1) is 29.7 Å². The van der Waals surface area contributed by atoms with E-state index in [-0.39, 0.29) is 12.0 Å². The number of hydrogen-bond acceptors (Lipinski definition) is 6. The highest BCUT2D eigenvalue weighted by atomic mass is 35.5. The van der Waals surface area contributed by atoms with E-state index in [0.29, 0.717) is 38.9 Å². The molecule has 0 aromatic heterocycles. The van der Waals surface area contributed by atoms with Gasteiger partial charge in [0.1, 0.15) is 10.9 Å². The van der Waals surface area contributed by atoms with Gasteiger partial charge in [-0.25, -0.2) is 0 Å². The monoisotopic (exact) mass is 425 g/mol. The molecule has 2 saturated heterocycles. The third-order valence-electron chi connectivity index (χ3n) is 4.18. The van der Waals surface area contributed by atoms with E-state index in [1.165, 1.54) is 18.9 Å². The number of benzene rings is 1. The number of ether oxygens (including phenoxy) is 3. The Hall–Kier alpha value is -1.54. The molecule has 1 aromatic carbocycles. The summed E-state index contributed by atoms with van der Waals surface area (Å²) in [6.07, 6.45) is 5.43. The standard InChI is InChI=1S/C19H20ClNO4S2/c1-3-6-25-17-14(20)8-12(9-15(17)23-2)10-16-18(22)21(19(26)27-16)11-13-5-4-7-24-13/h3,8-10,13H,1,4-7,11H2,2H3/b16-10-/t13-/m1/s1. The zero-order valence-corrected chi connectivity index (χ0v) is 17.3. The van der Waals surface area contributed by atoms with E-state index in [1.54, 1.807) is 29.2 Å². The molecule has 5 nitrogen and oxygen atoms in total. The lowest BCUT2D eigenvalue weighted by atomic mass is 10.1. The molecule has 27 heavy (non-hydrogen) atoms. The topological polar surface area (TPSA) is 48.0 Å². The number of hydrogen-bond donors (Lipinski definition) is 0. The van der Waals surface area contributed by atoms with Gasteiger partial charge in [-0.1, -0.05) is 48.2 Å². The Morgan fingerprint density at radius 1 is 1.52 bits per heavy atom. The van der Waals surface area contributed by atoms with Crippen molar-refractivity contribution in [1.29, 1.82) is 0 Å². The summed E-state index contributed by atoms with van der Waals surface area (Å²) in [4.78, 5) is 14.9. The van der Waals surface area contributed by atoms with Crippen molar-refractivity contribution in [2.75, 3.05) is 26.9 Å². The second-order valence-electron chi connectivity index (χ2n) is 6.06. The van der Waals surface area contributed by atoms with Crippen LogP contribution in [0.25, 0.3) is 6.08 Å². The third kappa shape index (κ3) is 4.66. The first-order chi connectivity index (χ1) is 13.0. The van der Waals surface area contributed by atoms with Gasteiger partial charge in [0.15, 0.2) is 11.5 Å². The summed E-state index contributed by atoms with van der Waals surface area (Å²) in [5.74, 6) is 0.829. The lowest BCUT2D eigenvalue weighted by Gasteiger charge is -2.18. The van der Waals surface area contributed by atoms with E-state index in [9.17, 15) is 4.79 Å². The predicted molar refractivity (Wildman–Crippen MR) is 113 cm³/mol. The van der Waals surface area contributed by atoms with E-state index in [4.69, 9.17) is 38.0 Å². The molecule has 0 saturated carbocycles. The number of amides is 1. The van der Waals surface area contributed by atoms with Gasteiger partial charge in [0.25, 0.3) is 5.91 Å². The van der Waals surface area contributed by atoms with Gasteiger partial charge in [0, 0.05) is 6.61 Å². The first-order valence-corrected chi connectivity index (χ1v) is 10.1. The molecule has 8 heteroatoms. The smallest absolute Gasteiger partial charge is 0.266 e. The van der Waals surface area contributed by atoms with Gasteiger partial charge in [-0.15, -0.1) is 0 Å². The highest BCUT2D eigenvalue weighted by molar-refractivity contribution is 8.26. The largest absolute Gasteiger partial charge is 0.493 e. The number of thiocarbonyl (C=S) groups is 1. The van der Waals surface area contributed by atoms with Crippen LogP contribution in [0.2, 0.25) is 5.02 Å². The van der Waals surface area contributed by atoms with Gasteiger partial charge in [-0.2, -0.15) is 0 Å². The lowest BCUT2D eigenvalue weighted by molar-refractivity contribution is -0.123. The Morgan fingerprint density at radius 2 is 2.33 bits per heavy atom. The quantitative estimate of drug-likeness (QED) is 0.369. The van der Waals surface area contributed by atoms with Crippen LogP contribution in [0.3, 0.4) is 0 Å². The number of thioether (sulfide) groups is 1. The van der Waals surface area contributed by atoms with Crippen molar-refractivity contribution in [2.45, 2.75) is 18.9 Å². The van der Waals surface area contributed by atoms with E-state index in [2.05, 4.69) is 6.58 Å². The summed E-state index contributed by atoms with van der Waals surface area (Å²) in [7, 11) is 1.54. The molecule has 0 N–H and O–H groups in total. The molecule has 0 spiro atoms. The molecule has 1 amide bonds. The van der Waals surface area contributed by atoms with Crippen LogP contribution in [0.4, 0.5) is 0 Å². The zero-order chi connectivity index (χ0) is 19.4. The highest BCUT2D eigenvalue weighted by Gasteiger charge is 2.34. The minimum absolute atomic E-state index is 0.0580. The van der Waals surface area contributed by atoms with Crippen LogP contribution in [0.15, 0.2) is 29.7 Å². The summed E-state index contributed by atoms with van der Waals surface area (Å²) >= 11 is 13.0. The lowest BCUT2D eigenvalue weighted by Crippen LogP contribution is -2.35. The van der Waals surface area contributed by atoms with Crippen molar-refractivity contribution >= 4 is 51.9 Å². The number of rotatable bonds is 7. The Kier molecular flexibility index (Phi) is 6.81. The van der Waals surface area contributed by atoms with E-state index in [1.807, 2.05) is 0 Å². The Balaban J connectivity index is 1.81. The molecular formula is C19H20ClNO4S2. The van der Waals surface area contributed by atoms with E-state index >= 15 is 0 Å². The van der Waals surface area contributed by atoms with Gasteiger partial charge in [0.2, 0.25) is 0 Å². The molecule has 2 aliphatic heterocycles. The number of carbonyl (C=O) groups is 1. The normalized spacial score (nSPS) is 21.2. The number of nitrogens with zero attached hydrogens (tertiary/aromatic N) is 1. The van der Waals surface area contributed by atoms with Crippen molar-refractivity contribution < 1.29 is 19.0 Å². The van der Waals surface area contributed by atoms with Crippen molar-refractivity contribution in [1.82, 2.24) is 4.90 Å². The third-order valence-corrected chi connectivity index (χ3v) is 5.84. The zero-order valence-electron chi connectivity index (χ0n) is 14.9. The van der Waals surface area contributed by atoms with Gasteiger partial charge in [-0.05, 0) is 36.6 Å². The van der Waals surface area contributed by atoms with Crippen LogP contribution in [0.1, 0.15) is 18.4 Å². The maximum atomic E-state index is 12.7. The molecule has 0 aliphatic carbocycles. The predicted octanol–water partition coefficient (Wildman–Crippen LogP) is 4.29. The number of carbonyl (C=O) groups excluding carboxylic acids is 1. The minimum atomic E-state index is -0.109. The molecule has 144 valence electrons. The fraction of sp³-hybridized carbons (Fsp3) is 0.368. The second-order valence-corrected chi connectivity index (χ2v) is 8.14. The molecule has 0 bridgehead atoms. The minimum Gasteiger partial charge on any atom is -0.493 e. The molecule has 3 rings (SSSR count). The van der Waals surface area contributed by atoms with Crippen molar-refractivity contribution in [3.05, 3.63) is 40.3 Å². The van der Waals surface area contributed by atoms with Gasteiger partial charge < -0.3 is 14.2 Å². The van der Waals surface area contributed by atoms with Gasteiger partial charge >= 0.3 is 0 Å². The maximum absolute atomic E-state index is 12.7. The van der Waals surface area contributed by atoms with Crippen molar-refractivity contribution in [2.24, 2.45) is 0 Å². The summed E-state index contributed by atoms with van der Waals surface area (Å²) < 4.78 is 17.1. The van der Waals surface area contributed by atoms with Crippen LogP contribution in [-0.2, 0) is 9.53 Å². The van der Waals surface area contributed by atoms with Crippen LogP contribution in [0.5, 0.6) is 11.5 Å². The van der Waals surface area contributed by atoms with Crippen molar-refractivity contribution in [3.63, 3.8) is 0 Å². The molecule has 2 heterocycles. The Morgan fingerprint density at radius 3 is 3.00 bits per heavy atom. The molecule has 0 radical (unpaired) electrons. The second kappa shape index (κ2) is 9.10. The number of methoxy groups -OCH3 is 1. The SMILES string of the molecule is C=CCOc1c(Cl)cc(/C=C2\SC(=S)N(C[C@H]3CCCO3)C2=O)cc1OC. The first-order valence-electron chi connectivity index (χ1n) is 8.51. The van der Waals surface area contributed by atoms with Crippen LogP contribution in [-0.4, -0.2) is 48.1 Å². The summed E-state index contributed by atoms with van der Waals surface area (Å²) in [6, 6.07) is 3.51.